The Bertz CT molecular complexity index is 329. The number of carbonyl (C=O) groups excluding carboxylic acids is 2. The minimum atomic E-state index is -0.945. The molecule has 3 amide bonds. The van der Waals surface area contributed by atoms with Gasteiger partial charge in [0.2, 0.25) is 5.91 Å². The Kier molecular flexibility index (Phi) is 9.41. The van der Waals surface area contributed by atoms with Gasteiger partial charge in [-0.25, -0.2) is 4.79 Å². The van der Waals surface area contributed by atoms with Gasteiger partial charge in [-0.3, -0.25) is 14.9 Å². The first-order valence-corrected chi connectivity index (χ1v) is 7.10. The lowest BCUT2D eigenvalue weighted by Gasteiger charge is -2.10. The van der Waals surface area contributed by atoms with E-state index in [0.717, 1.165) is 19.3 Å². The zero-order valence-electron chi connectivity index (χ0n) is 12.6. The number of carboxylic acid groups (broad SMARTS) is 1. The predicted octanol–water partition coefficient (Wildman–Crippen LogP) is 2.14. The molecule has 0 heterocycles. The quantitative estimate of drug-likeness (QED) is 0.566. The highest BCUT2D eigenvalue weighted by atomic mass is 16.4. The summed E-state index contributed by atoms with van der Waals surface area (Å²) in [6, 6.07) is -0.512. The third kappa shape index (κ3) is 11.5. The third-order valence-electron chi connectivity index (χ3n) is 2.80. The number of nitrogens with one attached hydrogen (secondary N) is 2. The second-order valence-electron chi connectivity index (χ2n) is 5.60. The smallest absolute Gasteiger partial charge is 0.321 e. The van der Waals surface area contributed by atoms with Crippen molar-refractivity contribution in [2.24, 2.45) is 11.8 Å². The Hall–Kier alpha value is -1.59. The Balaban J connectivity index is 3.69. The number of imide groups is 1. The summed E-state index contributed by atoms with van der Waals surface area (Å²) >= 11 is 0. The van der Waals surface area contributed by atoms with Gasteiger partial charge in [0.1, 0.15) is 0 Å². The molecule has 0 aromatic carbocycles. The van der Waals surface area contributed by atoms with Gasteiger partial charge in [0.05, 0.1) is 0 Å². The molecule has 0 saturated heterocycles. The maximum Gasteiger partial charge on any atom is 0.321 e. The number of aliphatic carboxylic acids is 1. The van der Waals surface area contributed by atoms with Crippen LogP contribution in [0.25, 0.3) is 0 Å². The number of hydrogen-bond acceptors (Lipinski definition) is 3. The molecule has 3 N–H and O–H groups in total. The number of amides is 3. The maximum atomic E-state index is 11.5. The van der Waals surface area contributed by atoms with E-state index in [1.54, 1.807) is 6.92 Å². The fourth-order valence-corrected chi connectivity index (χ4v) is 1.79. The number of carboxylic acids is 1. The van der Waals surface area contributed by atoms with E-state index in [1.807, 2.05) is 0 Å². The Morgan fingerprint density at radius 3 is 2.25 bits per heavy atom. The fraction of sp³-hybridized carbons (Fsp3) is 0.786. The summed E-state index contributed by atoms with van der Waals surface area (Å²) in [5.74, 6) is -1.02. The molecule has 0 bridgehead atoms. The molecule has 0 saturated carbocycles. The van der Waals surface area contributed by atoms with Gasteiger partial charge in [0.15, 0.2) is 0 Å². The molecule has 0 radical (unpaired) electrons. The van der Waals surface area contributed by atoms with Gasteiger partial charge in [-0.1, -0.05) is 33.6 Å². The molecule has 116 valence electrons. The average Bonchev–Trinajstić information content (AvgIpc) is 2.25. The van der Waals surface area contributed by atoms with Gasteiger partial charge in [-0.2, -0.15) is 0 Å². The number of urea groups is 1. The van der Waals surface area contributed by atoms with E-state index in [0.29, 0.717) is 12.5 Å². The van der Waals surface area contributed by atoms with Crippen LogP contribution in [0, 0.1) is 11.8 Å². The molecular weight excluding hydrogens is 260 g/mol. The molecule has 0 fully saturated rings. The molecule has 6 heteroatoms. The first kappa shape index (κ1) is 18.4. The summed E-state index contributed by atoms with van der Waals surface area (Å²) in [5, 5.41) is 13.4. The molecule has 0 spiro atoms. The monoisotopic (exact) mass is 286 g/mol. The van der Waals surface area contributed by atoms with E-state index in [9.17, 15) is 14.4 Å². The summed E-state index contributed by atoms with van der Waals surface area (Å²) in [6.07, 6.45) is 3.00. The largest absolute Gasteiger partial charge is 0.481 e. The predicted molar refractivity (Wildman–Crippen MR) is 76.3 cm³/mol. The van der Waals surface area contributed by atoms with Gasteiger partial charge in [-0.05, 0) is 18.3 Å². The van der Waals surface area contributed by atoms with Crippen LogP contribution < -0.4 is 10.6 Å². The SMILES string of the molecule is CC(C)CCCCNC(=O)NC(=O)CC(C)CC(=O)O. The van der Waals surface area contributed by atoms with Crippen molar-refractivity contribution in [3.8, 4) is 0 Å². The first-order chi connectivity index (χ1) is 9.31. The average molecular weight is 286 g/mol. The molecule has 6 nitrogen and oxygen atoms in total. The molecule has 20 heavy (non-hydrogen) atoms. The minimum Gasteiger partial charge on any atom is -0.481 e. The second kappa shape index (κ2) is 10.2. The molecule has 0 aromatic rings. The molecule has 0 aliphatic heterocycles. The van der Waals surface area contributed by atoms with E-state index < -0.39 is 17.9 Å². The Labute approximate surface area is 120 Å². The summed E-state index contributed by atoms with van der Waals surface area (Å²) in [7, 11) is 0. The lowest BCUT2D eigenvalue weighted by atomic mass is 10.0. The van der Waals surface area contributed by atoms with Gasteiger partial charge >= 0.3 is 12.0 Å². The van der Waals surface area contributed by atoms with Crippen LogP contribution in [0.2, 0.25) is 0 Å². The molecule has 0 aliphatic rings. The van der Waals surface area contributed by atoms with Crippen molar-refractivity contribution in [2.45, 2.75) is 52.9 Å². The summed E-state index contributed by atoms with van der Waals surface area (Å²) in [6.45, 7) is 6.50. The highest BCUT2D eigenvalue weighted by Gasteiger charge is 2.14. The van der Waals surface area contributed by atoms with Gasteiger partial charge in [0, 0.05) is 19.4 Å². The van der Waals surface area contributed by atoms with Gasteiger partial charge in [-0.15, -0.1) is 0 Å². The maximum absolute atomic E-state index is 11.5. The van der Waals surface area contributed by atoms with Crippen LogP contribution in [0.4, 0.5) is 4.79 Å². The number of unbranched alkanes of at least 4 members (excludes halogenated alkanes) is 1. The summed E-state index contributed by atoms with van der Waals surface area (Å²) < 4.78 is 0. The van der Waals surface area contributed by atoms with Crippen molar-refractivity contribution >= 4 is 17.9 Å². The van der Waals surface area contributed by atoms with E-state index in [-0.39, 0.29) is 18.8 Å². The van der Waals surface area contributed by atoms with Gasteiger partial charge < -0.3 is 10.4 Å². The van der Waals surface area contributed by atoms with Crippen LogP contribution in [0.3, 0.4) is 0 Å². The van der Waals surface area contributed by atoms with Crippen molar-refractivity contribution in [1.29, 1.82) is 0 Å². The van der Waals surface area contributed by atoms with Crippen LogP contribution >= 0.6 is 0 Å². The van der Waals surface area contributed by atoms with E-state index in [1.165, 1.54) is 0 Å². The first-order valence-electron chi connectivity index (χ1n) is 7.10. The van der Waals surface area contributed by atoms with Crippen molar-refractivity contribution in [1.82, 2.24) is 10.6 Å². The summed E-state index contributed by atoms with van der Waals surface area (Å²) in [4.78, 5) is 33.3. The normalized spacial score (nSPS) is 12.0. The molecule has 1 atom stereocenters. The molecule has 0 rings (SSSR count). The van der Waals surface area contributed by atoms with Gasteiger partial charge in [0.25, 0.3) is 0 Å². The molecule has 1 unspecified atom stereocenters. The van der Waals surface area contributed by atoms with Crippen molar-refractivity contribution in [3.63, 3.8) is 0 Å². The molecular formula is C14H26N2O4. The van der Waals surface area contributed by atoms with E-state index in [2.05, 4.69) is 24.5 Å². The van der Waals surface area contributed by atoms with Crippen LogP contribution in [-0.4, -0.2) is 29.6 Å². The zero-order chi connectivity index (χ0) is 15.5. The van der Waals surface area contributed by atoms with Crippen molar-refractivity contribution in [2.75, 3.05) is 6.54 Å². The minimum absolute atomic E-state index is 0.0348. The summed E-state index contributed by atoms with van der Waals surface area (Å²) in [5.41, 5.74) is 0. The van der Waals surface area contributed by atoms with Crippen LogP contribution in [0.15, 0.2) is 0 Å². The lowest BCUT2D eigenvalue weighted by molar-refractivity contribution is -0.138. The molecule has 0 aromatic heterocycles. The number of carbonyl (C=O) groups is 3. The number of hydrogen-bond donors (Lipinski definition) is 3. The number of rotatable bonds is 9. The molecule has 0 aliphatic carbocycles. The van der Waals surface area contributed by atoms with Crippen LogP contribution in [-0.2, 0) is 9.59 Å². The fourth-order valence-electron chi connectivity index (χ4n) is 1.79. The topological polar surface area (TPSA) is 95.5 Å². The van der Waals surface area contributed by atoms with E-state index >= 15 is 0 Å². The van der Waals surface area contributed by atoms with E-state index in [4.69, 9.17) is 5.11 Å². The standard InChI is InChI=1S/C14H26N2O4/c1-10(2)6-4-5-7-15-14(20)16-12(17)8-11(3)9-13(18)19/h10-11H,4-9H2,1-3H3,(H,18,19)(H2,15,16,17,20). The zero-order valence-corrected chi connectivity index (χ0v) is 12.6. The second-order valence-corrected chi connectivity index (χ2v) is 5.60. The lowest BCUT2D eigenvalue weighted by Crippen LogP contribution is -2.40. The Morgan fingerprint density at radius 2 is 1.70 bits per heavy atom. The highest BCUT2D eigenvalue weighted by molar-refractivity contribution is 5.94. The van der Waals surface area contributed by atoms with Crippen molar-refractivity contribution < 1.29 is 19.5 Å². The Morgan fingerprint density at radius 1 is 1.05 bits per heavy atom. The van der Waals surface area contributed by atoms with Crippen molar-refractivity contribution in [3.05, 3.63) is 0 Å². The van der Waals surface area contributed by atoms with Crippen LogP contribution in [0.5, 0.6) is 0 Å². The van der Waals surface area contributed by atoms with Crippen LogP contribution in [0.1, 0.15) is 52.9 Å². The highest BCUT2D eigenvalue weighted by Crippen LogP contribution is 2.07. The third-order valence-corrected chi connectivity index (χ3v) is 2.80.